The average Bonchev–Trinajstić information content (AvgIpc) is 2.71. The quantitative estimate of drug-likeness (QED) is 0.518. The fourth-order valence-electron chi connectivity index (χ4n) is 3.38. The van der Waals surface area contributed by atoms with Gasteiger partial charge >= 0.3 is 12.4 Å². The van der Waals surface area contributed by atoms with Crippen LogP contribution >= 0.6 is 0 Å². The Hall–Kier alpha value is -3.56. The highest BCUT2D eigenvalue weighted by Gasteiger charge is 2.37. The highest BCUT2D eigenvalue weighted by Crippen LogP contribution is 2.36. The maximum absolute atomic E-state index is 13.0. The van der Waals surface area contributed by atoms with Crippen LogP contribution in [-0.2, 0) is 34.8 Å². The molecule has 0 saturated carbocycles. The fraction of sp³-hybridized carbons (Fsp3) is 0.217. The smallest absolute Gasteiger partial charge is 0.368 e. The van der Waals surface area contributed by atoms with Crippen LogP contribution in [-0.4, -0.2) is 17.9 Å². The van der Waals surface area contributed by atoms with E-state index in [1.165, 1.54) is 0 Å². The molecule has 0 bridgehead atoms. The summed E-state index contributed by atoms with van der Waals surface area (Å²) >= 11 is 0. The Kier molecular flexibility index (Phi) is 6.66. The first-order chi connectivity index (χ1) is 15.3. The van der Waals surface area contributed by atoms with Crippen molar-refractivity contribution in [1.82, 2.24) is 5.32 Å². The minimum atomic E-state index is -5.03. The number of nitrogens with two attached hydrogens (primary N) is 1. The minimum absolute atomic E-state index is 0.00228. The second-order valence-electron chi connectivity index (χ2n) is 7.50. The zero-order valence-corrected chi connectivity index (χ0v) is 16.9. The molecule has 4 nitrogen and oxygen atoms in total. The molecule has 0 fully saturated rings. The summed E-state index contributed by atoms with van der Waals surface area (Å²) in [6.45, 7) is 0. The van der Waals surface area contributed by atoms with E-state index in [1.54, 1.807) is 12.1 Å². The lowest BCUT2D eigenvalue weighted by molar-refractivity contribution is -0.143. The lowest BCUT2D eigenvalue weighted by Crippen LogP contribution is -2.46. The summed E-state index contributed by atoms with van der Waals surface area (Å²) in [4.78, 5) is 24.2. The SMILES string of the molecule is NC(=O)[C@@H](Cc1ccc2ccccc2c1)NC(=O)Cc1cc(C(F)(F)F)cc(C(F)(F)F)c1. The van der Waals surface area contributed by atoms with Crippen molar-refractivity contribution in [2.75, 3.05) is 0 Å². The first-order valence-electron chi connectivity index (χ1n) is 9.67. The molecule has 0 aliphatic rings. The zero-order valence-electron chi connectivity index (χ0n) is 16.9. The van der Waals surface area contributed by atoms with Crippen molar-refractivity contribution in [2.24, 2.45) is 5.73 Å². The summed E-state index contributed by atoms with van der Waals surface area (Å²) < 4.78 is 78.1. The van der Waals surface area contributed by atoms with Gasteiger partial charge < -0.3 is 11.1 Å². The minimum Gasteiger partial charge on any atom is -0.368 e. The van der Waals surface area contributed by atoms with Gasteiger partial charge in [0.15, 0.2) is 0 Å². The normalized spacial score (nSPS) is 13.0. The Bertz CT molecular complexity index is 1160. The van der Waals surface area contributed by atoms with Gasteiger partial charge in [-0.3, -0.25) is 9.59 Å². The molecule has 10 heteroatoms. The van der Waals surface area contributed by atoms with E-state index in [2.05, 4.69) is 5.32 Å². The average molecular weight is 468 g/mol. The molecule has 0 unspecified atom stereocenters. The molecular weight excluding hydrogens is 450 g/mol. The Labute approximate surface area is 184 Å². The number of rotatable bonds is 6. The molecule has 0 heterocycles. The zero-order chi connectivity index (χ0) is 24.4. The third-order valence-corrected chi connectivity index (χ3v) is 4.94. The number of carbonyl (C=O) groups is 2. The molecule has 174 valence electrons. The van der Waals surface area contributed by atoms with Crippen LogP contribution in [0, 0.1) is 0 Å². The van der Waals surface area contributed by atoms with Crippen molar-refractivity contribution in [2.45, 2.75) is 31.2 Å². The van der Waals surface area contributed by atoms with Crippen molar-refractivity contribution < 1.29 is 35.9 Å². The van der Waals surface area contributed by atoms with Gasteiger partial charge in [-0.2, -0.15) is 26.3 Å². The number of primary amides is 1. The number of halogens is 6. The number of benzene rings is 3. The van der Waals surface area contributed by atoms with Crippen molar-refractivity contribution in [3.8, 4) is 0 Å². The van der Waals surface area contributed by atoms with Crippen LogP contribution in [0.15, 0.2) is 60.7 Å². The van der Waals surface area contributed by atoms with Crippen LogP contribution < -0.4 is 11.1 Å². The third kappa shape index (κ3) is 6.24. The van der Waals surface area contributed by atoms with Gasteiger partial charge in [0.1, 0.15) is 6.04 Å². The van der Waals surface area contributed by atoms with Crippen molar-refractivity contribution in [1.29, 1.82) is 0 Å². The molecule has 3 N–H and O–H groups in total. The predicted molar refractivity (Wildman–Crippen MR) is 109 cm³/mol. The Morgan fingerprint density at radius 1 is 0.788 bits per heavy atom. The van der Waals surface area contributed by atoms with Gasteiger partial charge in [-0.15, -0.1) is 0 Å². The van der Waals surface area contributed by atoms with Crippen LogP contribution in [0.5, 0.6) is 0 Å². The maximum Gasteiger partial charge on any atom is 0.416 e. The van der Waals surface area contributed by atoms with Gasteiger partial charge in [-0.05, 0) is 40.1 Å². The molecule has 1 atom stereocenters. The number of nitrogens with one attached hydrogen (secondary N) is 1. The van der Waals surface area contributed by atoms with Gasteiger partial charge in [0.2, 0.25) is 11.8 Å². The molecule has 0 spiro atoms. The number of amides is 2. The van der Waals surface area contributed by atoms with E-state index in [1.807, 2.05) is 30.3 Å². The van der Waals surface area contributed by atoms with Crippen molar-refractivity contribution in [3.05, 3.63) is 82.9 Å². The van der Waals surface area contributed by atoms with E-state index in [4.69, 9.17) is 5.73 Å². The molecule has 33 heavy (non-hydrogen) atoms. The molecule has 2 amide bonds. The molecule has 0 radical (unpaired) electrons. The van der Waals surface area contributed by atoms with Crippen molar-refractivity contribution in [3.63, 3.8) is 0 Å². The molecule has 3 aromatic carbocycles. The molecular formula is C23H18F6N2O2. The molecule has 3 aromatic rings. The van der Waals surface area contributed by atoms with E-state index >= 15 is 0 Å². The molecule has 0 saturated heterocycles. The van der Waals surface area contributed by atoms with Gasteiger partial charge in [-0.1, -0.05) is 42.5 Å². The first kappa shape index (κ1) is 24.1. The molecule has 0 aromatic heterocycles. The van der Waals surface area contributed by atoms with Gasteiger partial charge in [0.25, 0.3) is 0 Å². The second kappa shape index (κ2) is 9.13. The third-order valence-electron chi connectivity index (χ3n) is 4.94. The van der Waals surface area contributed by atoms with Crippen LogP contribution in [0.25, 0.3) is 10.8 Å². The summed E-state index contributed by atoms with van der Waals surface area (Å²) in [5.41, 5.74) is 2.47. The molecule has 0 aliphatic carbocycles. The topological polar surface area (TPSA) is 72.2 Å². The van der Waals surface area contributed by atoms with Crippen LogP contribution in [0.2, 0.25) is 0 Å². The number of carbonyl (C=O) groups excluding carboxylic acids is 2. The van der Waals surface area contributed by atoms with Gasteiger partial charge in [-0.25, -0.2) is 0 Å². The summed E-state index contributed by atoms with van der Waals surface area (Å²) in [7, 11) is 0. The standard InChI is InChI=1S/C23H18F6N2O2/c24-22(25,26)17-8-14(9-18(12-17)23(27,28)29)11-20(32)31-19(21(30)33)10-13-5-6-15-3-1-2-4-16(15)7-13/h1-9,12,19H,10-11H2,(H2,30,33)(H,31,32)/t19-/m1/s1. The summed E-state index contributed by atoms with van der Waals surface area (Å²) in [6.07, 6.45) is -10.9. The Balaban J connectivity index is 1.79. The molecule has 0 aliphatic heterocycles. The second-order valence-corrected chi connectivity index (χ2v) is 7.50. The Morgan fingerprint density at radius 3 is 1.91 bits per heavy atom. The van der Waals surface area contributed by atoms with Crippen LogP contribution in [0.4, 0.5) is 26.3 Å². The summed E-state index contributed by atoms with van der Waals surface area (Å²) in [5, 5.41) is 4.13. The monoisotopic (exact) mass is 468 g/mol. The summed E-state index contributed by atoms with van der Waals surface area (Å²) in [6, 6.07) is 12.5. The van der Waals surface area contributed by atoms with Crippen molar-refractivity contribution >= 4 is 22.6 Å². The highest BCUT2D eigenvalue weighted by atomic mass is 19.4. The van der Waals surface area contributed by atoms with Crippen LogP contribution in [0.1, 0.15) is 22.3 Å². The molecule has 3 rings (SSSR count). The van der Waals surface area contributed by atoms with Gasteiger partial charge in [0.05, 0.1) is 17.5 Å². The fourth-order valence-corrected chi connectivity index (χ4v) is 3.38. The number of fused-ring (bicyclic) bond motifs is 1. The number of alkyl halides is 6. The lowest BCUT2D eigenvalue weighted by Gasteiger charge is -2.17. The number of hydrogen-bond donors (Lipinski definition) is 2. The maximum atomic E-state index is 13.0. The van der Waals surface area contributed by atoms with E-state index in [9.17, 15) is 35.9 Å². The van der Waals surface area contributed by atoms with Crippen LogP contribution in [0.3, 0.4) is 0 Å². The predicted octanol–water partition coefficient (Wildman–Crippen LogP) is 4.63. The highest BCUT2D eigenvalue weighted by molar-refractivity contribution is 5.88. The number of hydrogen-bond acceptors (Lipinski definition) is 2. The lowest BCUT2D eigenvalue weighted by atomic mass is 10.00. The first-order valence-corrected chi connectivity index (χ1v) is 9.67. The van der Waals surface area contributed by atoms with E-state index in [0.717, 1.165) is 10.8 Å². The Morgan fingerprint density at radius 2 is 1.36 bits per heavy atom. The van der Waals surface area contributed by atoms with Gasteiger partial charge in [0, 0.05) is 6.42 Å². The van der Waals surface area contributed by atoms with E-state index in [0.29, 0.717) is 17.7 Å². The largest absolute Gasteiger partial charge is 0.416 e. The van der Waals surface area contributed by atoms with E-state index in [-0.39, 0.29) is 12.5 Å². The van der Waals surface area contributed by atoms with E-state index < -0.39 is 53.3 Å². The summed E-state index contributed by atoms with van der Waals surface area (Å²) in [5.74, 6) is -1.83.